The summed E-state index contributed by atoms with van der Waals surface area (Å²) in [6.45, 7) is 2.39. The number of aryl methyl sites for hydroxylation is 1. The SMILES string of the molecule is Cc1nc2cc(Br)cnc2n1CC(N)=S. The average Bonchev–Trinajstić information content (AvgIpc) is 2.41. The van der Waals surface area contributed by atoms with Gasteiger partial charge in [0.1, 0.15) is 11.3 Å². The van der Waals surface area contributed by atoms with Crippen LogP contribution in [0.1, 0.15) is 5.82 Å². The minimum atomic E-state index is 0.433. The maximum absolute atomic E-state index is 5.52. The summed E-state index contributed by atoms with van der Waals surface area (Å²) in [4.78, 5) is 9.11. The molecule has 0 aliphatic carbocycles. The molecule has 0 radical (unpaired) electrons. The van der Waals surface area contributed by atoms with Gasteiger partial charge in [0.2, 0.25) is 0 Å². The summed E-state index contributed by atoms with van der Waals surface area (Å²) in [6, 6.07) is 1.92. The molecule has 2 aromatic heterocycles. The lowest BCUT2D eigenvalue weighted by atomic mass is 10.4. The topological polar surface area (TPSA) is 56.7 Å². The first kappa shape index (κ1) is 10.5. The number of fused-ring (bicyclic) bond motifs is 1. The van der Waals surface area contributed by atoms with E-state index >= 15 is 0 Å². The maximum Gasteiger partial charge on any atom is 0.160 e. The van der Waals surface area contributed by atoms with E-state index in [4.69, 9.17) is 18.0 Å². The molecule has 0 aliphatic rings. The first-order valence-electron chi connectivity index (χ1n) is 4.34. The van der Waals surface area contributed by atoms with Crippen LogP contribution in [0.15, 0.2) is 16.7 Å². The monoisotopic (exact) mass is 284 g/mol. The number of aromatic nitrogens is 3. The largest absolute Gasteiger partial charge is 0.392 e. The minimum absolute atomic E-state index is 0.433. The van der Waals surface area contributed by atoms with Crippen molar-refractivity contribution in [2.24, 2.45) is 5.73 Å². The second-order valence-electron chi connectivity index (χ2n) is 3.21. The highest BCUT2D eigenvalue weighted by molar-refractivity contribution is 9.10. The van der Waals surface area contributed by atoms with E-state index in [0.29, 0.717) is 11.5 Å². The molecule has 4 nitrogen and oxygen atoms in total. The number of hydrogen-bond donors (Lipinski definition) is 1. The fourth-order valence-corrected chi connectivity index (χ4v) is 1.89. The molecule has 0 saturated heterocycles. The molecule has 0 amide bonds. The number of thiocarbonyl (C=S) groups is 1. The van der Waals surface area contributed by atoms with Gasteiger partial charge in [0.25, 0.3) is 0 Å². The van der Waals surface area contributed by atoms with Crippen molar-refractivity contribution >= 4 is 44.3 Å². The Morgan fingerprint density at radius 3 is 3.07 bits per heavy atom. The van der Waals surface area contributed by atoms with Crippen LogP contribution in [0.5, 0.6) is 0 Å². The van der Waals surface area contributed by atoms with Crippen molar-refractivity contribution in [1.82, 2.24) is 14.5 Å². The molecule has 0 atom stereocenters. The molecule has 0 saturated carbocycles. The van der Waals surface area contributed by atoms with Crippen LogP contribution >= 0.6 is 28.1 Å². The minimum Gasteiger partial charge on any atom is -0.392 e. The highest BCUT2D eigenvalue weighted by atomic mass is 79.9. The normalized spacial score (nSPS) is 10.8. The van der Waals surface area contributed by atoms with Crippen LogP contribution in [0.3, 0.4) is 0 Å². The zero-order valence-electron chi connectivity index (χ0n) is 8.07. The van der Waals surface area contributed by atoms with Crippen LogP contribution in [0, 0.1) is 6.92 Å². The van der Waals surface area contributed by atoms with E-state index in [1.165, 1.54) is 0 Å². The molecule has 2 rings (SSSR count). The molecule has 6 heteroatoms. The third kappa shape index (κ3) is 2.00. The Balaban J connectivity index is 2.63. The fourth-order valence-electron chi connectivity index (χ4n) is 1.44. The van der Waals surface area contributed by atoms with E-state index in [1.54, 1.807) is 6.20 Å². The van der Waals surface area contributed by atoms with Gasteiger partial charge in [0.15, 0.2) is 5.65 Å². The lowest BCUT2D eigenvalue weighted by Gasteiger charge is -2.03. The van der Waals surface area contributed by atoms with Gasteiger partial charge in [-0.05, 0) is 28.9 Å². The van der Waals surface area contributed by atoms with Gasteiger partial charge in [-0.1, -0.05) is 12.2 Å². The van der Waals surface area contributed by atoms with Crippen molar-refractivity contribution in [2.45, 2.75) is 13.5 Å². The standard InChI is InChI=1S/C9H9BrN4S/c1-5-13-7-2-6(10)3-12-9(7)14(5)4-8(11)15/h2-3H,4H2,1H3,(H2,11,15). The molecular formula is C9H9BrN4S. The number of hydrogen-bond acceptors (Lipinski definition) is 3. The van der Waals surface area contributed by atoms with Gasteiger partial charge < -0.3 is 10.3 Å². The summed E-state index contributed by atoms with van der Waals surface area (Å²) in [7, 11) is 0. The van der Waals surface area contributed by atoms with Crippen LogP contribution < -0.4 is 5.73 Å². The van der Waals surface area contributed by atoms with Crippen molar-refractivity contribution in [1.29, 1.82) is 0 Å². The van der Waals surface area contributed by atoms with Gasteiger partial charge >= 0.3 is 0 Å². The van der Waals surface area contributed by atoms with Crippen LogP contribution in [0.4, 0.5) is 0 Å². The van der Waals surface area contributed by atoms with Crippen molar-refractivity contribution in [2.75, 3.05) is 0 Å². The van der Waals surface area contributed by atoms with Crippen molar-refractivity contribution in [3.63, 3.8) is 0 Å². The van der Waals surface area contributed by atoms with Crippen molar-refractivity contribution in [3.05, 3.63) is 22.6 Å². The number of nitrogens with two attached hydrogens (primary N) is 1. The van der Waals surface area contributed by atoms with Crippen LogP contribution in [0.2, 0.25) is 0 Å². The molecule has 0 bridgehead atoms. The Morgan fingerprint density at radius 1 is 1.67 bits per heavy atom. The van der Waals surface area contributed by atoms with Gasteiger partial charge in [0, 0.05) is 10.7 Å². The van der Waals surface area contributed by atoms with E-state index in [9.17, 15) is 0 Å². The predicted molar refractivity (Wildman–Crippen MR) is 66.8 cm³/mol. The zero-order valence-corrected chi connectivity index (χ0v) is 10.5. The molecule has 0 spiro atoms. The quantitative estimate of drug-likeness (QED) is 0.855. The van der Waals surface area contributed by atoms with Crippen LogP contribution in [0.25, 0.3) is 11.2 Å². The van der Waals surface area contributed by atoms with E-state index in [0.717, 1.165) is 21.5 Å². The fraction of sp³-hybridized carbons (Fsp3) is 0.222. The molecule has 2 aromatic rings. The lowest BCUT2D eigenvalue weighted by Crippen LogP contribution is -2.17. The highest BCUT2D eigenvalue weighted by Crippen LogP contribution is 2.17. The van der Waals surface area contributed by atoms with Gasteiger partial charge in [-0.2, -0.15) is 0 Å². The molecule has 2 heterocycles. The molecule has 0 fully saturated rings. The maximum atomic E-state index is 5.52. The molecule has 78 valence electrons. The summed E-state index contributed by atoms with van der Waals surface area (Å²) in [5.41, 5.74) is 7.17. The summed E-state index contributed by atoms with van der Waals surface area (Å²) >= 11 is 8.24. The van der Waals surface area contributed by atoms with Gasteiger partial charge in [-0.25, -0.2) is 9.97 Å². The van der Waals surface area contributed by atoms with Crippen molar-refractivity contribution in [3.8, 4) is 0 Å². The zero-order chi connectivity index (χ0) is 11.0. The number of rotatable bonds is 2. The van der Waals surface area contributed by atoms with E-state index in [1.807, 2.05) is 17.6 Å². The van der Waals surface area contributed by atoms with Crippen LogP contribution in [-0.2, 0) is 6.54 Å². The van der Waals surface area contributed by atoms with E-state index in [-0.39, 0.29) is 0 Å². The van der Waals surface area contributed by atoms with Gasteiger partial charge in [0.05, 0.1) is 11.5 Å². The Hall–Kier alpha value is -1.01. The predicted octanol–water partition coefficient (Wildman–Crippen LogP) is 1.79. The molecule has 0 aliphatic heterocycles. The van der Waals surface area contributed by atoms with Gasteiger partial charge in [-0.3, -0.25) is 0 Å². The molecule has 2 N–H and O–H groups in total. The third-order valence-corrected chi connectivity index (χ3v) is 2.62. The number of imidazole rings is 1. The highest BCUT2D eigenvalue weighted by Gasteiger charge is 2.09. The third-order valence-electron chi connectivity index (χ3n) is 2.06. The summed E-state index contributed by atoms with van der Waals surface area (Å²) in [5, 5.41) is 0. The molecule has 0 unspecified atom stereocenters. The molecule has 0 aromatic carbocycles. The second-order valence-corrected chi connectivity index (χ2v) is 4.65. The Kier molecular flexibility index (Phi) is 2.70. The average molecular weight is 285 g/mol. The first-order valence-corrected chi connectivity index (χ1v) is 5.55. The number of nitrogens with zero attached hydrogens (tertiary/aromatic N) is 3. The summed E-state index contributed by atoms with van der Waals surface area (Å²) in [6.07, 6.45) is 1.74. The van der Waals surface area contributed by atoms with E-state index < -0.39 is 0 Å². The molecule has 15 heavy (non-hydrogen) atoms. The first-order chi connectivity index (χ1) is 7.08. The number of halogens is 1. The Morgan fingerprint density at radius 2 is 2.40 bits per heavy atom. The Labute approximate surface area is 101 Å². The lowest BCUT2D eigenvalue weighted by molar-refractivity contribution is 0.825. The summed E-state index contributed by atoms with van der Waals surface area (Å²) < 4.78 is 2.82. The van der Waals surface area contributed by atoms with Gasteiger partial charge in [-0.15, -0.1) is 0 Å². The second kappa shape index (κ2) is 3.86. The van der Waals surface area contributed by atoms with E-state index in [2.05, 4.69) is 25.9 Å². The van der Waals surface area contributed by atoms with Crippen LogP contribution in [-0.4, -0.2) is 19.5 Å². The molecular weight excluding hydrogens is 276 g/mol. The Bertz CT molecular complexity index is 534. The van der Waals surface area contributed by atoms with Crippen molar-refractivity contribution < 1.29 is 0 Å². The number of pyridine rings is 1. The smallest absolute Gasteiger partial charge is 0.160 e. The summed E-state index contributed by atoms with van der Waals surface area (Å²) in [5.74, 6) is 0.864.